The van der Waals surface area contributed by atoms with Crippen LogP contribution in [0.3, 0.4) is 0 Å². The number of carboxylic acid groups (broad SMARTS) is 1. The van der Waals surface area contributed by atoms with Gasteiger partial charge in [0.25, 0.3) is 5.91 Å². The minimum absolute atomic E-state index is 0.285. The van der Waals surface area contributed by atoms with Gasteiger partial charge in [-0.1, -0.05) is 12.1 Å². The second-order valence-corrected chi connectivity index (χ2v) is 8.01. The van der Waals surface area contributed by atoms with E-state index in [0.29, 0.717) is 36.4 Å². The quantitative estimate of drug-likeness (QED) is 0.622. The first kappa shape index (κ1) is 23.3. The third-order valence-corrected chi connectivity index (χ3v) is 5.27. The number of halogens is 3. The number of alkyl halides is 3. The Hall–Kier alpha value is -3.36. The number of amides is 1. The molecule has 0 aliphatic carbocycles. The van der Waals surface area contributed by atoms with E-state index in [9.17, 15) is 22.8 Å². The lowest BCUT2D eigenvalue weighted by molar-refractivity contribution is -0.139. The second kappa shape index (κ2) is 9.02. The molecule has 0 saturated heterocycles. The Kier molecular flexibility index (Phi) is 6.57. The van der Waals surface area contributed by atoms with Crippen molar-refractivity contribution < 1.29 is 32.6 Å². The van der Waals surface area contributed by atoms with Gasteiger partial charge in [-0.2, -0.15) is 18.3 Å². The van der Waals surface area contributed by atoms with Crippen LogP contribution in [0, 0.1) is 5.41 Å². The van der Waals surface area contributed by atoms with E-state index in [-0.39, 0.29) is 5.91 Å². The van der Waals surface area contributed by atoms with E-state index < -0.39 is 29.7 Å². The lowest BCUT2D eigenvalue weighted by Crippen LogP contribution is -2.34. The molecule has 0 spiro atoms. The zero-order chi connectivity index (χ0) is 23.5. The highest BCUT2D eigenvalue weighted by molar-refractivity contribution is 6.18. The molecule has 0 atom stereocenters. The van der Waals surface area contributed by atoms with Gasteiger partial charge in [-0.3, -0.25) is 4.79 Å². The van der Waals surface area contributed by atoms with Crippen molar-refractivity contribution in [2.75, 3.05) is 11.6 Å². The number of aliphatic carboxylic acids is 1. The number of carbonyl (C=O) groups excluding carboxylic acids is 1. The number of ether oxygens (including phenoxy) is 1. The van der Waals surface area contributed by atoms with E-state index in [2.05, 4.69) is 5.10 Å². The first-order valence-corrected chi connectivity index (χ1v) is 10.0. The van der Waals surface area contributed by atoms with Crippen molar-refractivity contribution >= 4 is 23.3 Å². The van der Waals surface area contributed by atoms with E-state index >= 15 is 0 Å². The number of carboxylic acids is 1. The molecule has 0 fully saturated rings. The summed E-state index contributed by atoms with van der Waals surface area (Å²) in [6, 6.07) is 11.5. The Labute approximate surface area is 183 Å². The van der Waals surface area contributed by atoms with Gasteiger partial charge in [-0.25, -0.2) is 9.80 Å². The number of hydrogen-bond acceptors (Lipinski definition) is 4. The fraction of sp³-hybridized carbons (Fsp3) is 0.348. The Balaban J connectivity index is 1.63. The number of hydrazone groups is 1. The van der Waals surface area contributed by atoms with E-state index in [1.165, 1.54) is 17.1 Å². The van der Waals surface area contributed by atoms with Gasteiger partial charge >= 0.3 is 12.1 Å². The molecule has 0 aromatic heterocycles. The topological polar surface area (TPSA) is 79.2 Å². The molecule has 0 radical (unpaired) electrons. The molecule has 1 aliphatic heterocycles. The predicted octanol–water partition coefficient (Wildman–Crippen LogP) is 4.92. The Morgan fingerprint density at radius 3 is 2.25 bits per heavy atom. The monoisotopic (exact) mass is 448 g/mol. The second-order valence-electron chi connectivity index (χ2n) is 8.01. The van der Waals surface area contributed by atoms with Gasteiger partial charge in [0.15, 0.2) is 6.61 Å². The van der Waals surface area contributed by atoms with Crippen molar-refractivity contribution in [1.82, 2.24) is 0 Å². The van der Waals surface area contributed by atoms with Crippen LogP contribution in [0.5, 0.6) is 5.75 Å². The zero-order valence-corrected chi connectivity index (χ0v) is 17.6. The van der Waals surface area contributed by atoms with Crippen LogP contribution in [0.1, 0.15) is 37.8 Å². The standard InChI is InChI=1S/C23H23F3N2O4/c1-22(2)19(5-3-4-15-6-12-18(13-7-15)32-14-20(29)30)27-28(21(22)31)17-10-8-16(9-11-17)23(24,25)26/h6-13H,3-5,14H2,1-2H3,(H,29,30). The maximum Gasteiger partial charge on any atom is 0.416 e. The molecule has 0 unspecified atom stereocenters. The Morgan fingerprint density at radius 2 is 1.69 bits per heavy atom. The van der Waals surface area contributed by atoms with Crippen LogP contribution in [0.25, 0.3) is 0 Å². The largest absolute Gasteiger partial charge is 0.482 e. The highest BCUT2D eigenvalue weighted by Crippen LogP contribution is 2.36. The van der Waals surface area contributed by atoms with Crippen molar-refractivity contribution in [3.05, 3.63) is 59.7 Å². The first-order chi connectivity index (χ1) is 15.0. The molecule has 32 heavy (non-hydrogen) atoms. The summed E-state index contributed by atoms with van der Waals surface area (Å²) in [6.07, 6.45) is -2.47. The molecule has 1 N–H and O–H groups in total. The van der Waals surface area contributed by atoms with Gasteiger partial charge < -0.3 is 9.84 Å². The third kappa shape index (κ3) is 5.27. The summed E-state index contributed by atoms with van der Waals surface area (Å²) in [5.74, 6) is -0.865. The lowest BCUT2D eigenvalue weighted by Gasteiger charge is -2.20. The number of hydrogen-bond donors (Lipinski definition) is 1. The highest BCUT2D eigenvalue weighted by Gasteiger charge is 2.43. The molecule has 0 saturated carbocycles. The van der Waals surface area contributed by atoms with Crippen LogP contribution in [0.4, 0.5) is 18.9 Å². The number of carbonyl (C=O) groups is 2. The molecule has 0 bridgehead atoms. The maximum absolute atomic E-state index is 12.8. The minimum Gasteiger partial charge on any atom is -0.482 e. The van der Waals surface area contributed by atoms with Crippen molar-refractivity contribution in [1.29, 1.82) is 0 Å². The average molecular weight is 448 g/mol. The summed E-state index contributed by atoms with van der Waals surface area (Å²) < 4.78 is 43.5. The van der Waals surface area contributed by atoms with Crippen molar-refractivity contribution in [2.24, 2.45) is 10.5 Å². The minimum atomic E-state index is -4.44. The fourth-order valence-electron chi connectivity index (χ4n) is 3.37. The molecule has 6 nitrogen and oxygen atoms in total. The first-order valence-electron chi connectivity index (χ1n) is 10.0. The predicted molar refractivity (Wildman–Crippen MR) is 113 cm³/mol. The summed E-state index contributed by atoms with van der Waals surface area (Å²) in [4.78, 5) is 23.4. The van der Waals surface area contributed by atoms with Gasteiger partial charge in [0.1, 0.15) is 5.75 Å². The molecule has 170 valence electrons. The third-order valence-electron chi connectivity index (χ3n) is 5.27. The molecule has 9 heteroatoms. The molecule has 2 aromatic rings. The summed E-state index contributed by atoms with van der Waals surface area (Å²) in [7, 11) is 0. The smallest absolute Gasteiger partial charge is 0.416 e. The number of aryl methyl sites for hydroxylation is 1. The van der Waals surface area contributed by atoms with Gasteiger partial charge in [0.2, 0.25) is 0 Å². The van der Waals surface area contributed by atoms with Crippen molar-refractivity contribution in [3.8, 4) is 5.75 Å². The van der Waals surface area contributed by atoms with Gasteiger partial charge in [-0.05, 0) is 75.1 Å². The SMILES string of the molecule is CC1(C)C(=O)N(c2ccc(C(F)(F)F)cc2)N=C1CCCc1ccc(OCC(=O)O)cc1. The van der Waals surface area contributed by atoms with Crippen molar-refractivity contribution in [2.45, 2.75) is 39.3 Å². The number of anilines is 1. The summed E-state index contributed by atoms with van der Waals surface area (Å²) in [5, 5.41) is 14.2. The van der Waals surface area contributed by atoms with E-state index in [1.54, 1.807) is 26.0 Å². The fourth-order valence-corrected chi connectivity index (χ4v) is 3.37. The highest BCUT2D eigenvalue weighted by atomic mass is 19.4. The normalized spacial score (nSPS) is 15.6. The van der Waals surface area contributed by atoms with Crippen molar-refractivity contribution in [3.63, 3.8) is 0 Å². The average Bonchev–Trinajstić information content (AvgIpc) is 2.96. The van der Waals surface area contributed by atoms with Crippen LogP contribution in [-0.4, -0.2) is 29.3 Å². The van der Waals surface area contributed by atoms with Gasteiger partial charge in [0.05, 0.1) is 22.4 Å². The maximum atomic E-state index is 12.8. The molecular formula is C23H23F3N2O4. The zero-order valence-electron chi connectivity index (χ0n) is 17.6. The number of benzene rings is 2. The van der Waals surface area contributed by atoms with Crippen LogP contribution < -0.4 is 9.75 Å². The molecule has 2 aromatic carbocycles. The number of rotatable bonds is 8. The Morgan fingerprint density at radius 1 is 1.06 bits per heavy atom. The molecular weight excluding hydrogens is 425 g/mol. The summed E-state index contributed by atoms with van der Waals surface area (Å²) in [6.45, 7) is 3.11. The Bertz CT molecular complexity index is 1010. The number of nitrogens with zero attached hydrogens (tertiary/aromatic N) is 2. The lowest BCUT2D eigenvalue weighted by atomic mass is 9.84. The molecule has 1 heterocycles. The van der Waals surface area contributed by atoms with Crippen LogP contribution in [-0.2, 0) is 22.2 Å². The molecule has 3 rings (SSSR count). The van der Waals surface area contributed by atoms with Gasteiger partial charge in [-0.15, -0.1) is 0 Å². The van der Waals surface area contributed by atoms with Crippen LogP contribution in [0.15, 0.2) is 53.6 Å². The summed E-state index contributed by atoms with van der Waals surface area (Å²) >= 11 is 0. The summed E-state index contributed by atoms with van der Waals surface area (Å²) in [5.41, 5.74) is 0.356. The van der Waals surface area contributed by atoms with E-state index in [4.69, 9.17) is 9.84 Å². The molecule has 1 aliphatic rings. The van der Waals surface area contributed by atoms with Gasteiger partial charge in [0, 0.05) is 0 Å². The van der Waals surface area contributed by atoms with Crippen LogP contribution in [0.2, 0.25) is 0 Å². The van der Waals surface area contributed by atoms with E-state index in [0.717, 1.165) is 17.7 Å². The molecule has 1 amide bonds. The van der Waals surface area contributed by atoms with Crippen LogP contribution >= 0.6 is 0 Å². The van der Waals surface area contributed by atoms with E-state index in [1.807, 2.05) is 12.1 Å².